The van der Waals surface area contributed by atoms with Gasteiger partial charge in [-0.3, -0.25) is 4.79 Å². The van der Waals surface area contributed by atoms with Crippen molar-refractivity contribution in [2.75, 3.05) is 6.54 Å². The number of carbonyl (C=O) groups excluding carboxylic acids is 1. The summed E-state index contributed by atoms with van der Waals surface area (Å²) in [6.07, 6.45) is -0.407. The molecule has 0 aliphatic carbocycles. The monoisotopic (exact) mass is 261 g/mol. The standard InChI is InChI=1S/C11H13Cl2NO2/c1-2-11(16)14-6-10(15)7-3-8(12)5-9(13)4-7/h3-5,10,15H,2,6H2,1H3,(H,14,16)/t10-/m0/s1. The van der Waals surface area contributed by atoms with Crippen LogP contribution in [0.4, 0.5) is 0 Å². The Morgan fingerprint density at radius 2 is 1.94 bits per heavy atom. The first-order valence-electron chi connectivity index (χ1n) is 4.93. The van der Waals surface area contributed by atoms with Crippen molar-refractivity contribution < 1.29 is 9.90 Å². The largest absolute Gasteiger partial charge is 0.387 e. The van der Waals surface area contributed by atoms with Gasteiger partial charge in [-0.25, -0.2) is 0 Å². The van der Waals surface area contributed by atoms with Crippen LogP contribution < -0.4 is 5.32 Å². The van der Waals surface area contributed by atoms with Gasteiger partial charge in [0.05, 0.1) is 6.10 Å². The Balaban J connectivity index is 2.65. The van der Waals surface area contributed by atoms with Crippen molar-refractivity contribution in [3.63, 3.8) is 0 Å². The Labute approximate surface area is 104 Å². The zero-order chi connectivity index (χ0) is 12.1. The van der Waals surface area contributed by atoms with Gasteiger partial charge in [-0.2, -0.15) is 0 Å². The zero-order valence-corrected chi connectivity index (χ0v) is 10.3. The molecule has 1 aromatic rings. The van der Waals surface area contributed by atoms with Crippen LogP contribution in [0.15, 0.2) is 18.2 Å². The van der Waals surface area contributed by atoms with Crippen LogP contribution in [-0.2, 0) is 4.79 Å². The highest BCUT2D eigenvalue weighted by molar-refractivity contribution is 6.34. The van der Waals surface area contributed by atoms with E-state index in [1.54, 1.807) is 25.1 Å². The topological polar surface area (TPSA) is 49.3 Å². The average Bonchev–Trinajstić information content (AvgIpc) is 2.23. The molecule has 5 heteroatoms. The SMILES string of the molecule is CCC(=O)NC[C@H](O)c1cc(Cl)cc(Cl)c1. The number of hydrogen-bond acceptors (Lipinski definition) is 2. The van der Waals surface area contributed by atoms with Crippen LogP contribution in [-0.4, -0.2) is 17.6 Å². The highest BCUT2D eigenvalue weighted by Crippen LogP contribution is 2.23. The van der Waals surface area contributed by atoms with E-state index in [-0.39, 0.29) is 12.5 Å². The third kappa shape index (κ3) is 4.00. The minimum absolute atomic E-state index is 0.104. The summed E-state index contributed by atoms with van der Waals surface area (Å²) in [6.45, 7) is 1.90. The molecule has 1 rings (SSSR count). The van der Waals surface area contributed by atoms with Crippen LogP contribution in [0.2, 0.25) is 10.0 Å². The van der Waals surface area contributed by atoms with Crippen molar-refractivity contribution in [2.24, 2.45) is 0 Å². The Hall–Kier alpha value is -0.770. The first kappa shape index (κ1) is 13.3. The van der Waals surface area contributed by atoms with Crippen LogP contribution in [0.1, 0.15) is 25.0 Å². The minimum Gasteiger partial charge on any atom is -0.387 e. The van der Waals surface area contributed by atoms with Crippen LogP contribution in [0.3, 0.4) is 0 Å². The lowest BCUT2D eigenvalue weighted by molar-refractivity contribution is -0.121. The van der Waals surface area contributed by atoms with Crippen molar-refractivity contribution in [1.29, 1.82) is 0 Å². The zero-order valence-electron chi connectivity index (χ0n) is 8.84. The minimum atomic E-state index is -0.799. The molecule has 0 aromatic heterocycles. The van der Waals surface area contributed by atoms with E-state index in [4.69, 9.17) is 23.2 Å². The van der Waals surface area contributed by atoms with Gasteiger partial charge in [-0.05, 0) is 23.8 Å². The second-order valence-corrected chi connectivity index (χ2v) is 4.25. The molecular weight excluding hydrogens is 249 g/mol. The van der Waals surface area contributed by atoms with Gasteiger partial charge in [0.15, 0.2) is 0 Å². The van der Waals surface area contributed by atoms with E-state index in [0.29, 0.717) is 22.0 Å². The van der Waals surface area contributed by atoms with Crippen LogP contribution in [0.5, 0.6) is 0 Å². The summed E-state index contributed by atoms with van der Waals surface area (Å²) in [6, 6.07) is 4.83. The first-order valence-corrected chi connectivity index (χ1v) is 5.69. The Bertz CT molecular complexity index is 362. The van der Waals surface area contributed by atoms with E-state index < -0.39 is 6.10 Å². The van der Waals surface area contributed by atoms with Crippen molar-refractivity contribution in [2.45, 2.75) is 19.4 Å². The fourth-order valence-corrected chi connectivity index (χ4v) is 1.76. The molecule has 16 heavy (non-hydrogen) atoms. The highest BCUT2D eigenvalue weighted by Gasteiger charge is 2.10. The number of benzene rings is 1. The molecule has 0 spiro atoms. The Kier molecular flexibility index (Phi) is 5.06. The van der Waals surface area contributed by atoms with Gasteiger partial charge in [0.2, 0.25) is 5.91 Å². The van der Waals surface area contributed by atoms with Gasteiger partial charge in [-0.1, -0.05) is 30.1 Å². The van der Waals surface area contributed by atoms with Crippen molar-refractivity contribution in [1.82, 2.24) is 5.32 Å². The number of amides is 1. The summed E-state index contributed by atoms with van der Waals surface area (Å²) < 4.78 is 0. The summed E-state index contributed by atoms with van der Waals surface area (Å²) in [5, 5.41) is 13.3. The van der Waals surface area contributed by atoms with E-state index in [0.717, 1.165) is 0 Å². The summed E-state index contributed by atoms with van der Waals surface area (Å²) >= 11 is 11.6. The molecule has 0 unspecified atom stereocenters. The van der Waals surface area contributed by atoms with Gasteiger partial charge < -0.3 is 10.4 Å². The van der Waals surface area contributed by atoms with E-state index >= 15 is 0 Å². The first-order chi connectivity index (χ1) is 7.52. The number of halogens is 2. The normalized spacial score (nSPS) is 12.2. The number of aliphatic hydroxyl groups is 1. The summed E-state index contributed by atoms with van der Waals surface area (Å²) in [4.78, 5) is 11.0. The lowest BCUT2D eigenvalue weighted by Crippen LogP contribution is -2.27. The fraction of sp³-hybridized carbons (Fsp3) is 0.364. The number of hydrogen-bond donors (Lipinski definition) is 2. The molecule has 0 bridgehead atoms. The van der Waals surface area contributed by atoms with E-state index in [1.807, 2.05) is 0 Å². The maximum atomic E-state index is 11.0. The third-order valence-electron chi connectivity index (χ3n) is 2.08. The molecule has 1 amide bonds. The average molecular weight is 262 g/mol. The molecule has 1 aromatic carbocycles. The number of aliphatic hydroxyl groups excluding tert-OH is 1. The Morgan fingerprint density at radius 3 is 2.44 bits per heavy atom. The maximum absolute atomic E-state index is 11.0. The highest BCUT2D eigenvalue weighted by atomic mass is 35.5. The number of rotatable bonds is 4. The molecule has 0 fully saturated rings. The number of carbonyl (C=O) groups is 1. The molecule has 0 radical (unpaired) electrons. The molecule has 0 aliphatic rings. The molecule has 0 heterocycles. The predicted molar refractivity (Wildman–Crippen MR) is 64.7 cm³/mol. The van der Waals surface area contributed by atoms with Gasteiger partial charge >= 0.3 is 0 Å². The molecule has 88 valence electrons. The molecule has 1 atom stereocenters. The third-order valence-corrected chi connectivity index (χ3v) is 2.52. The Morgan fingerprint density at radius 1 is 1.38 bits per heavy atom. The molecule has 0 aliphatic heterocycles. The van der Waals surface area contributed by atoms with Gasteiger partial charge in [-0.15, -0.1) is 0 Å². The molecule has 0 saturated heterocycles. The second kappa shape index (κ2) is 6.09. The predicted octanol–water partition coefficient (Wildman–Crippen LogP) is 2.55. The van der Waals surface area contributed by atoms with Crippen molar-refractivity contribution in [3.8, 4) is 0 Å². The second-order valence-electron chi connectivity index (χ2n) is 3.38. The van der Waals surface area contributed by atoms with Gasteiger partial charge in [0, 0.05) is 23.0 Å². The lowest BCUT2D eigenvalue weighted by atomic mass is 10.1. The molecular formula is C11H13Cl2NO2. The van der Waals surface area contributed by atoms with E-state index in [1.165, 1.54) is 0 Å². The van der Waals surface area contributed by atoms with Crippen LogP contribution in [0, 0.1) is 0 Å². The summed E-state index contributed by atoms with van der Waals surface area (Å²) in [5.74, 6) is -0.104. The molecule has 3 nitrogen and oxygen atoms in total. The molecule has 2 N–H and O–H groups in total. The fourth-order valence-electron chi connectivity index (χ4n) is 1.22. The molecule has 0 saturated carbocycles. The van der Waals surface area contributed by atoms with Crippen molar-refractivity contribution >= 4 is 29.1 Å². The van der Waals surface area contributed by atoms with Gasteiger partial charge in [0.25, 0.3) is 0 Å². The van der Waals surface area contributed by atoms with E-state index in [2.05, 4.69) is 5.32 Å². The van der Waals surface area contributed by atoms with Gasteiger partial charge in [0.1, 0.15) is 0 Å². The maximum Gasteiger partial charge on any atom is 0.219 e. The van der Waals surface area contributed by atoms with Crippen LogP contribution >= 0.6 is 23.2 Å². The smallest absolute Gasteiger partial charge is 0.219 e. The summed E-state index contributed by atoms with van der Waals surface area (Å²) in [7, 11) is 0. The lowest BCUT2D eigenvalue weighted by Gasteiger charge is -2.12. The number of nitrogens with one attached hydrogen (secondary N) is 1. The van der Waals surface area contributed by atoms with E-state index in [9.17, 15) is 9.90 Å². The quantitative estimate of drug-likeness (QED) is 0.876. The van der Waals surface area contributed by atoms with Crippen LogP contribution in [0.25, 0.3) is 0 Å². The summed E-state index contributed by atoms with van der Waals surface area (Å²) in [5.41, 5.74) is 0.592. The van der Waals surface area contributed by atoms with Crippen molar-refractivity contribution in [3.05, 3.63) is 33.8 Å².